The van der Waals surface area contributed by atoms with Crippen LogP contribution in [-0.2, 0) is 20.2 Å². The van der Waals surface area contributed by atoms with Gasteiger partial charge in [-0.05, 0) is 0 Å². The third-order valence-corrected chi connectivity index (χ3v) is 5.25. The van der Waals surface area contributed by atoms with E-state index in [1.807, 2.05) is 0 Å². The Morgan fingerprint density at radius 2 is 1.10 bits per heavy atom. The zero-order valence-electron chi connectivity index (χ0n) is 5.27. The predicted octanol–water partition coefficient (Wildman–Crippen LogP) is -6.04. The molecule has 0 aliphatic rings. The van der Waals surface area contributed by atoms with Crippen molar-refractivity contribution in [3.05, 3.63) is 0 Å². The monoisotopic (exact) mass is 270 g/mol. The van der Waals surface area contributed by atoms with Crippen molar-refractivity contribution in [2.75, 3.05) is 0 Å². The molecule has 0 N–H and O–H groups in total. The third-order valence-electron chi connectivity index (χ3n) is 0.139. The Balaban J connectivity index is -0.000000245. The smallest absolute Gasteiger partial charge is 0.763 e. The van der Waals surface area contributed by atoms with Crippen LogP contribution in [0.5, 0.6) is 0 Å². The van der Waals surface area contributed by atoms with E-state index in [9.17, 15) is 17.5 Å². The van der Waals surface area contributed by atoms with E-state index in [-0.39, 0.29) is 122 Å². The van der Waals surface area contributed by atoms with E-state index in [1.54, 1.807) is 0 Å². The van der Waals surface area contributed by atoms with Crippen LogP contribution in [0.3, 0.4) is 0 Å². The molecule has 0 bridgehead atoms. The van der Waals surface area contributed by atoms with Gasteiger partial charge >= 0.3 is 103 Å². The fourth-order valence-corrected chi connectivity index (χ4v) is 3.67. The van der Waals surface area contributed by atoms with Crippen molar-refractivity contribution in [2.24, 2.45) is 0 Å². The van der Waals surface area contributed by atoms with E-state index in [2.05, 4.69) is 0 Å². The van der Waals surface area contributed by atoms with Gasteiger partial charge in [-0.15, -0.1) is 0 Å². The van der Waals surface area contributed by atoms with Crippen molar-refractivity contribution < 1.29 is 120 Å². The van der Waals surface area contributed by atoms with Gasteiger partial charge in [0, 0.05) is 39.9 Å². The van der Waals surface area contributed by atoms with E-state index in [0.29, 0.717) is 0 Å². The Morgan fingerprint density at radius 1 is 0.900 bits per heavy atom. The van der Waals surface area contributed by atoms with Crippen molar-refractivity contribution in [1.29, 1.82) is 0 Å². The molecule has 4 nitrogen and oxygen atoms in total. The average Bonchev–Trinajstić information content (AvgIpc) is 1.61. The molecule has 0 aromatic heterocycles. The number of hydrogen-bond acceptors (Lipinski definition) is 6. The van der Waals surface area contributed by atoms with Gasteiger partial charge in [-0.1, -0.05) is 0 Å². The van der Waals surface area contributed by atoms with Crippen molar-refractivity contribution in [1.82, 2.24) is 0 Å². The fraction of sp³-hybridized carbons (Fsp3) is 0. The Morgan fingerprint density at radius 3 is 1.20 bits per heavy atom. The molecule has 2 unspecified atom stereocenters. The molecule has 0 aromatic carbocycles. The molecule has 0 aliphatic heterocycles. The molecule has 10 heavy (non-hydrogen) atoms. The van der Waals surface area contributed by atoms with Crippen molar-refractivity contribution in [3.63, 3.8) is 0 Å². The van der Waals surface area contributed by atoms with Crippen LogP contribution < -0.4 is 103 Å². The first-order valence-electron chi connectivity index (χ1n) is 1.17. The molecule has 2 atom stereocenters. The minimum Gasteiger partial charge on any atom is -0.763 e. The van der Waals surface area contributed by atoms with Crippen LogP contribution in [0.1, 0.15) is 0 Å². The third kappa shape index (κ3) is 18.1. The van der Waals surface area contributed by atoms with E-state index in [0.717, 1.165) is 0 Å². The van der Waals surface area contributed by atoms with E-state index in [1.165, 1.54) is 0 Å². The average molecular weight is 270 g/mol. The van der Waals surface area contributed by atoms with Crippen LogP contribution in [0.15, 0.2) is 0 Å². The Labute approximate surface area is 155 Å². The van der Waals surface area contributed by atoms with Gasteiger partial charge in [0.05, 0.1) is 0 Å². The van der Waals surface area contributed by atoms with Gasteiger partial charge in [-0.3, -0.25) is 8.42 Å². The van der Waals surface area contributed by atoms with Gasteiger partial charge in [-0.2, -0.15) is 0 Å². The topological polar surface area (TPSA) is 80.3 Å². The van der Waals surface area contributed by atoms with Crippen LogP contribution in [0.25, 0.3) is 0 Å². The molecule has 0 aromatic rings. The first-order chi connectivity index (χ1) is 3.63. The first kappa shape index (κ1) is 19.7. The van der Waals surface area contributed by atoms with Crippen molar-refractivity contribution in [2.45, 2.75) is 0 Å². The molecule has 50 valence electrons. The van der Waals surface area contributed by atoms with E-state index < -0.39 is 20.2 Å². The minimum absolute atomic E-state index is 0. The van der Waals surface area contributed by atoms with Crippen molar-refractivity contribution in [3.8, 4) is 0 Å². The van der Waals surface area contributed by atoms with Crippen molar-refractivity contribution >= 4 is 39.9 Å². The Kier molecular flexibility index (Phi) is 26.0. The maximum Gasteiger partial charge on any atom is 1.00 e. The molecular formula is K2O4S4. The van der Waals surface area contributed by atoms with Gasteiger partial charge < -0.3 is 9.11 Å². The molecule has 0 saturated heterocycles. The summed E-state index contributed by atoms with van der Waals surface area (Å²) in [7, 11) is -4.18. The number of hydrogen-bond donors (Lipinski definition) is 0. The summed E-state index contributed by atoms with van der Waals surface area (Å²) in [5.74, 6) is 0. The summed E-state index contributed by atoms with van der Waals surface area (Å²) in [6, 6.07) is 0. The number of rotatable bonds is 3. The zero-order chi connectivity index (χ0) is 6.57. The summed E-state index contributed by atoms with van der Waals surface area (Å²) in [6.07, 6.45) is 0. The fourth-order valence-electron chi connectivity index (χ4n) is 0.0454. The normalized spacial score (nSPS) is 14.2. The maximum atomic E-state index is 9.57. The quantitative estimate of drug-likeness (QED) is 0.288. The summed E-state index contributed by atoms with van der Waals surface area (Å²) in [4.78, 5) is 0. The van der Waals surface area contributed by atoms with Gasteiger partial charge in [0.25, 0.3) is 0 Å². The summed E-state index contributed by atoms with van der Waals surface area (Å²) in [6.45, 7) is 0. The second-order valence-electron chi connectivity index (χ2n) is 0.544. The molecule has 0 radical (unpaired) electrons. The second kappa shape index (κ2) is 13.2. The van der Waals surface area contributed by atoms with Gasteiger partial charge in [0.2, 0.25) is 0 Å². The van der Waals surface area contributed by atoms with Crippen LogP contribution in [0, 0.1) is 0 Å². The Hall–Kier alpha value is 4.19. The van der Waals surface area contributed by atoms with E-state index >= 15 is 0 Å². The van der Waals surface area contributed by atoms with E-state index in [4.69, 9.17) is 0 Å². The molecular weight excluding hydrogens is 270 g/mol. The summed E-state index contributed by atoms with van der Waals surface area (Å²) >= 11 is 0. The molecule has 0 fully saturated rings. The predicted molar refractivity (Wildman–Crippen MR) is 33.0 cm³/mol. The molecule has 10 heteroatoms. The summed E-state index contributed by atoms with van der Waals surface area (Å²) in [5.41, 5.74) is 0. The zero-order valence-corrected chi connectivity index (χ0v) is 14.8. The molecule has 0 amide bonds. The van der Waals surface area contributed by atoms with Gasteiger partial charge in [0.15, 0.2) is 0 Å². The Bertz CT molecular complexity index is 99.8. The second-order valence-corrected chi connectivity index (χ2v) is 6.53. The van der Waals surface area contributed by atoms with Crippen LogP contribution in [-0.4, -0.2) is 17.5 Å². The molecule has 0 spiro atoms. The minimum atomic E-state index is -2.35. The summed E-state index contributed by atoms with van der Waals surface area (Å²) in [5, 5.41) is 0. The standard InChI is InChI=1S/2K.H2O4S4/c;;1-7(2)5-6-8(3)4/h;;(H,1,2)(H,3,4)/q2*+1;/p-2. The molecule has 0 saturated carbocycles. The molecule has 0 aliphatic carbocycles. The largest absolute Gasteiger partial charge is 1.00 e. The van der Waals surface area contributed by atoms with Crippen LogP contribution in [0.4, 0.5) is 0 Å². The first-order valence-corrected chi connectivity index (χ1v) is 6.50. The van der Waals surface area contributed by atoms with Crippen LogP contribution >= 0.6 is 19.7 Å². The van der Waals surface area contributed by atoms with Gasteiger partial charge in [-0.25, -0.2) is 0 Å². The van der Waals surface area contributed by atoms with Crippen LogP contribution in [0.2, 0.25) is 0 Å². The van der Waals surface area contributed by atoms with Gasteiger partial charge in [0.1, 0.15) is 0 Å². The molecule has 0 rings (SSSR count). The SMILES string of the molecule is O=S([O-])SSS(=O)[O-].[K+].[K+]. The molecule has 0 heterocycles. The summed E-state index contributed by atoms with van der Waals surface area (Å²) < 4.78 is 38.3. The maximum absolute atomic E-state index is 9.57.